The molecule has 0 bridgehead atoms. The summed E-state index contributed by atoms with van der Waals surface area (Å²) >= 11 is 0. The van der Waals surface area contributed by atoms with Gasteiger partial charge in [0, 0.05) is 40.7 Å². The zero-order chi connectivity index (χ0) is 32.6. The molecule has 1 fully saturated rings. The van der Waals surface area contributed by atoms with Crippen LogP contribution >= 0.6 is 0 Å². The molecule has 1 aromatic carbocycles. The molecule has 0 radical (unpaired) electrons. The highest BCUT2D eigenvalue weighted by atomic mass is 16.7. The van der Waals surface area contributed by atoms with E-state index in [9.17, 15) is 28.8 Å². The van der Waals surface area contributed by atoms with Crippen LogP contribution in [0, 0.1) is 0 Å². The summed E-state index contributed by atoms with van der Waals surface area (Å²) in [6.07, 6.45) is -5.56. The number of unbranched alkanes of at least 4 members (excludes halogenated alkanes) is 1. The molecule has 0 spiro atoms. The Bertz CT molecular complexity index is 1440. The number of hydrogen-bond donors (Lipinski definition) is 0. The molecule has 1 aliphatic heterocycles. The zero-order valence-corrected chi connectivity index (χ0v) is 25.1. The molecule has 3 rings (SSSR count). The molecular weight excluding hydrogens is 588 g/mol. The minimum Gasteiger partial charge on any atom is -0.489 e. The van der Waals surface area contributed by atoms with Crippen LogP contribution in [0.4, 0.5) is 0 Å². The highest BCUT2D eigenvalue weighted by Gasteiger charge is 2.53. The van der Waals surface area contributed by atoms with Crippen LogP contribution in [0.25, 0.3) is 11.0 Å². The third-order valence-electron chi connectivity index (χ3n) is 5.98. The fourth-order valence-corrected chi connectivity index (χ4v) is 4.32. The predicted octanol–water partition coefficient (Wildman–Crippen LogP) is 2.36. The third kappa shape index (κ3) is 8.92. The molecule has 1 aromatic heterocycles. The molecule has 0 saturated carbocycles. The third-order valence-corrected chi connectivity index (χ3v) is 5.98. The summed E-state index contributed by atoms with van der Waals surface area (Å²) in [4.78, 5) is 72.0. The Morgan fingerprint density at radius 2 is 1.43 bits per heavy atom. The molecule has 1 aliphatic rings. The van der Waals surface area contributed by atoms with Crippen LogP contribution in [0.3, 0.4) is 0 Å². The van der Waals surface area contributed by atoms with E-state index in [4.69, 9.17) is 42.3 Å². The lowest BCUT2D eigenvalue weighted by atomic mass is 9.98. The Kier molecular flexibility index (Phi) is 11.7. The van der Waals surface area contributed by atoms with Crippen molar-refractivity contribution in [1.29, 1.82) is 0 Å². The van der Waals surface area contributed by atoms with Crippen molar-refractivity contribution in [3.63, 3.8) is 0 Å². The van der Waals surface area contributed by atoms with Gasteiger partial charge in [-0.15, -0.1) is 0 Å². The summed E-state index contributed by atoms with van der Waals surface area (Å²) in [7, 11) is 0. The lowest BCUT2D eigenvalue weighted by molar-refractivity contribution is -0.288. The minimum absolute atomic E-state index is 0.00116. The molecule has 2 heterocycles. The average Bonchev–Trinajstić information content (AvgIpc) is 2.91. The molecule has 44 heavy (non-hydrogen) atoms. The highest BCUT2D eigenvalue weighted by Crippen LogP contribution is 2.36. The van der Waals surface area contributed by atoms with Crippen molar-refractivity contribution < 1.29 is 66.3 Å². The van der Waals surface area contributed by atoms with Crippen LogP contribution in [-0.2, 0) is 47.7 Å². The molecule has 5 atom stereocenters. The van der Waals surface area contributed by atoms with E-state index in [-0.39, 0.29) is 29.1 Å². The van der Waals surface area contributed by atoms with E-state index in [1.807, 2.05) is 6.92 Å². The zero-order valence-electron chi connectivity index (χ0n) is 25.1. The monoisotopic (exact) mass is 622 g/mol. The maximum Gasteiger partial charge on any atom is 0.383 e. The minimum atomic E-state index is -1.51. The van der Waals surface area contributed by atoms with Gasteiger partial charge < -0.3 is 42.3 Å². The Hall–Kier alpha value is -4.66. The van der Waals surface area contributed by atoms with Crippen LogP contribution in [0.1, 0.15) is 54.4 Å². The van der Waals surface area contributed by atoms with Gasteiger partial charge in [-0.1, -0.05) is 13.3 Å². The molecule has 15 nitrogen and oxygen atoms in total. The van der Waals surface area contributed by atoms with Gasteiger partial charge in [-0.3, -0.25) is 24.0 Å². The molecule has 0 amide bonds. The normalized spacial score (nSPS) is 21.1. The highest BCUT2D eigenvalue weighted by molar-refractivity contribution is 5.87. The average molecular weight is 623 g/mol. The van der Waals surface area contributed by atoms with Crippen LogP contribution in [-0.4, -0.2) is 73.8 Å². The lowest BCUT2D eigenvalue weighted by Crippen LogP contribution is -2.63. The first-order chi connectivity index (χ1) is 20.8. The second kappa shape index (κ2) is 15.2. The molecule has 240 valence electrons. The summed E-state index contributed by atoms with van der Waals surface area (Å²) in [5, 5.41) is 0.283. The Morgan fingerprint density at radius 3 is 2.02 bits per heavy atom. The largest absolute Gasteiger partial charge is 0.489 e. The Balaban J connectivity index is 2.07. The first kappa shape index (κ1) is 33.8. The smallest absolute Gasteiger partial charge is 0.383 e. The van der Waals surface area contributed by atoms with Crippen LogP contribution in [0.15, 0.2) is 27.4 Å². The molecule has 0 unspecified atom stereocenters. The topological polar surface area (TPSA) is 189 Å². The van der Waals surface area contributed by atoms with E-state index >= 15 is 0 Å². The summed E-state index contributed by atoms with van der Waals surface area (Å²) in [6.45, 7) is 7.31. The van der Waals surface area contributed by atoms with Crippen molar-refractivity contribution in [1.82, 2.24) is 0 Å². The van der Waals surface area contributed by atoms with E-state index in [2.05, 4.69) is 0 Å². The van der Waals surface area contributed by atoms with Crippen molar-refractivity contribution >= 4 is 40.8 Å². The van der Waals surface area contributed by atoms with Crippen molar-refractivity contribution in [2.24, 2.45) is 0 Å². The first-order valence-corrected chi connectivity index (χ1v) is 13.7. The number of fused-ring (bicyclic) bond motifs is 1. The SMILES string of the molecule is CCCCOc1c(OC(C)=O)c(=O)oc2cc(O[C@H]3O[C@H](COC(C)=O)[C@@H](OC(C)=O)[C@H](OC(C)=O)[C@@H]3OC(C)=O)ccc12. The molecular formula is C29H34O15. The summed E-state index contributed by atoms with van der Waals surface area (Å²) in [5.41, 5.74) is -0.996. The van der Waals surface area contributed by atoms with Crippen LogP contribution in [0.2, 0.25) is 0 Å². The van der Waals surface area contributed by atoms with E-state index in [0.717, 1.165) is 41.0 Å². The summed E-state index contributed by atoms with van der Waals surface area (Å²) in [5.74, 6) is -4.19. The number of carbonyl (C=O) groups is 5. The molecule has 1 saturated heterocycles. The number of esters is 5. The fourth-order valence-electron chi connectivity index (χ4n) is 4.32. The van der Waals surface area contributed by atoms with Crippen molar-refractivity contribution in [3.8, 4) is 17.2 Å². The number of benzene rings is 1. The summed E-state index contributed by atoms with van der Waals surface area (Å²) in [6, 6.07) is 4.24. The van der Waals surface area contributed by atoms with Crippen LogP contribution < -0.4 is 19.8 Å². The number of hydrogen-bond acceptors (Lipinski definition) is 15. The van der Waals surface area contributed by atoms with Gasteiger partial charge >= 0.3 is 35.5 Å². The molecule has 0 aliphatic carbocycles. The summed E-state index contributed by atoms with van der Waals surface area (Å²) < 4.78 is 49.4. The van der Waals surface area contributed by atoms with Gasteiger partial charge in [-0.25, -0.2) is 4.79 Å². The number of ether oxygens (including phenoxy) is 8. The lowest BCUT2D eigenvalue weighted by Gasteiger charge is -2.43. The van der Waals surface area contributed by atoms with Gasteiger partial charge in [-0.2, -0.15) is 0 Å². The second-order valence-corrected chi connectivity index (χ2v) is 9.69. The van der Waals surface area contributed by atoms with Crippen LogP contribution in [0.5, 0.6) is 17.2 Å². The maximum atomic E-state index is 12.8. The maximum absolute atomic E-state index is 12.8. The van der Waals surface area contributed by atoms with Gasteiger partial charge in [0.1, 0.15) is 24.0 Å². The van der Waals surface area contributed by atoms with Gasteiger partial charge in [0.2, 0.25) is 12.4 Å². The second-order valence-electron chi connectivity index (χ2n) is 9.69. The van der Waals surface area contributed by atoms with Crippen molar-refractivity contribution in [2.45, 2.75) is 85.1 Å². The van der Waals surface area contributed by atoms with E-state index in [1.165, 1.54) is 18.2 Å². The Labute approximate surface area is 251 Å². The number of rotatable bonds is 12. The Morgan fingerprint density at radius 1 is 0.795 bits per heavy atom. The quantitative estimate of drug-likeness (QED) is 0.145. The molecule has 2 aromatic rings. The van der Waals surface area contributed by atoms with Crippen molar-refractivity contribution in [3.05, 3.63) is 28.6 Å². The van der Waals surface area contributed by atoms with Gasteiger partial charge in [0.05, 0.1) is 12.0 Å². The van der Waals surface area contributed by atoms with E-state index < -0.39 is 78.5 Å². The van der Waals surface area contributed by atoms with Gasteiger partial charge in [0.15, 0.2) is 18.0 Å². The standard InChI is InChI=1S/C29H34O15/c1-7-8-11-36-23-20-10-9-19(12-21(20)43-28(35)26(23)40-17(5)33)42-29-27(41-18(6)34)25(39-16(4)32)24(38-15(3)31)22(44-29)13-37-14(2)30/h9-10,12,22,24-25,27,29H,7-8,11,13H2,1-6H3/t22-,24-,25+,27+,29+/m1/s1. The van der Waals surface area contributed by atoms with E-state index in [1.54, 1.807) is 0 Å². The van der Waals surface area contributed by atoms with E-state index in [0.29, 0.717) is 6.42 Å². The first-order valence-electron chi connectivity index (χ1n) is 13.7. The number of carbonyl (C=O) groups excluding carboxylic acids is 5. The molecule has 15 heteroatoms. The predicted molar refractivity (Wildman–Crippen MR) is 147 cm³/mol. The van der Waals surface area contributed by atoms with Crippen molar-refractivity contribution in [2.75, 3.05) is 13.2 Å². The fraction of sp³-hybridized carbons (Fsp3) is 0.517. The van der Waals surface area contributed by atoms with Gasteiger partial charge in [-0.05, 0) is 18.6 Å². The van der Waals surface area contributed by atoms with Gasteiger partial charge in [0.25, 0.3) is 5.75 Å². The molecule has 0 N–H and O–H groups in total.